The first-order valence-electron chi connectivity index (χ1n) is 6.06. The molecule has 0 saturated heterocycles. The van der Waals surface area contributed by atoms with Gasteiger partial charge in [0.2, 0.25) is 0 Å². The zero-order valence-electron chi connectivity index (χ0n) is 10.9. The average molecular weight is 247 g/mol. The molecule has 0 amide bonds. The minimum atomic E-state index is -0.203. The van der Waals surface area contributed by atoms with Crippen LogP contribution in [0.5, 0.6) is 0 Å². The Balaban J connectivity index is 2.02. The molecule has 0 spiro atoms. The predicted octanol–water partition coefficient (Wildman–Crippen LogP) is 2.97. The summed E-state index contributed by atoms with van der Waals surface area (Å²) in [5.74, 6) is -0.203. The molecular formula is C14H18FN3. The van der Waals surface area contributed by atoms with E-state index in [1.807, 2.05) is 31.6 Å². The van der Waals surface area contributed by atoms with Crippen molar-refractivity contribution in [3.63, 3.8) is 0 Å². The first-order chi connectivity index (χ1) is 8.56. The van der Waals surface area contributed by atoms with E-state index < -0.39 is 0 Å². The molecule has 96 valence electrons. The van der Waals surface area contributed by atoms with Crippen LogP contribution in [0.3, 0.4) is 0 Å². The van der Waals surface area contributed by atoms with Crippen molar-refractivity contribution in [3.05, 3.63) is 53.6 Å². The molecule has 0 radical (unpaired) electrons. The van der Waals surface area contributed by atoms with E-state index in [4.69, 9.17) is 0 Å². The number of hydrogen-bond acceptors (Lipinski definition) is 2. The maximum absolute atomic E-state index is 12.8. The van der Waals surface area contributed by atoms with Gasteiger partial charge in [0.05, 0.1) is 6.20 Å². The molecule has 2 aromatic rings. The molecule has 1 aromatic carbocycles. The highest BCUT2D eigenvalue weighted by Crippen LogP contribution is 2.19. The number of rotatable bonds is 4. The highest BCUT2D eigenvalue weighted by atomic mass is 19.1. The second-order valence-electron chi connectivity index (χ2n) is 4.61. The van der Waals surface area contributed by atoms with Gasteiger partial charge >= 0.3 is 0 Å². The smallest absolute Gasteiger partial charge is 0.123 e. The van der Waals surface area contributed by atoms with E-state index in [-0.39, 0.29) is 17.9 Å². The molecule has 18 heavy (non-hydrogen) atoms. The second kappa shape index (κ2) is 5.31. The molecule has 0 bridgehead atoms. The standard InChI is InChI=1S/C14H18FN3/c1-10(12-4-6-14(15)7-5-12)17-11(2)13-8-16-18(3)9-13/h4-11,17H,1-3H3/t10-,11?/m1/s1. The van der Waals surface area contributed by atoms with Crippen molar-refractivity contribution in [1.29, 1.82) is 0 Å². The van der Waals surface area contributed by atoms with E-state index in [2.05, 4.69) is 24.3 Å². The van der Waals surface area contributed by atoms with Crippen LogP contribution in [0.15, 0.2) is 36.7 Å². The quantitative estimate of drug-likeness (QED) is 0.900. The molecular weight excluding hydrogens is 229 g/mol. The monoisotopic (exact) mass is 247 g/mol. The van der Waals surface area contributed by atoms with Gasteiger partial charge in [-0.05, 0) is 31.5 Å². The van der Waals surface area contributed by atoms with Gasteiger partial charge in [0.15, 0.2) is 0 Å². The summed E-state index contributed by atoms with van der Waals surface area (Å²) in [4.78, 5) is 0. The fourth-order valence-electron chi connectivity index (χ4n) is 1.98. The lowest BCUT2D eigenvalue weighted by molar-refractivity contribution is 0.493. The van der Waals surface area contributed by atoms with Gasteiger partial charge in [0.25, 0.3) is 0 Å². The average Bonchev–Trinajstić information content (AvgIpc) is 2.76. The summed E-state index contributed by atoms with van der Waals surface area (Å²) in [7, 11) is 1.90. The fourth-order valence-corrected chi connectivity index (χ4v) is 1.98. The Labute approximate surface area is 107 Å². The zero-order chi connectivity index (χ0) is 13.1. The zero-order valence-corrected chi connectivity index (χ0v) is 10.9. The molecule has 0 aliphatic heterocycles. The molecule has 0 fully saturated rings. The summed E-state index contributed by atoms with van der Waals surface area (Å²) in [5, 5.41) is 7.63. The normalized spacial score (nSPS) is 14.4. The van der Waals surface area contributed by atoms with E-state index in [9.17, 15) is 4.39 Å². The Morgan fingerprint density at radius 2 is 1.72 bits per heavy atom. The molecule has 0 aliphatic carbocycles. The van der Waals surface area contributed by atoms with Crippen molar-refractivity contribution < 1.29 is 4.39 Å². The first-order valence-corrected chi connectivity index (χ1v) is 6.06. The van der Waals surface area contributed by atoms with Gasteiger partial charge in [0.1, 0.15) is 5.82 Å². The summed E-state index contributed by atoms with van der Waals surface area (Å²) < 4.78 is 14.6. The highest BCUT2D eigenvalue weighted by molar-refractivity contribution is 5.20. The molecule has 0 aliphatic rings. The lowest BCUT2D eigenvalue weighted by atomic mass is 10.1. The minimum absolute atomic E-state index is 0.167. The molecule has 4 heteroatoms. The number of aryl methyl sites for hydroxylation is 1. The maximum atomic E-state index is 12.8. The van der Waals surface area contributed by atoms with Crippen molar-refractivity contribution in [3.8, 4) is 0 Å². The Bertz CT molecular complexity index is 504. The van der Waals surface area contributed by atoms with Gasteiger partial charge in [-0.25, -0.2) is 4.39 Å². The Kier molecular flexibility index (Phi) is 3.77. The SMILES string of the molecule is CC(N[C@H](C)c1ccc(F)cc1)c1cnn(C)c1. The van der Waals surface area contributed by atoms with Crippen LogP contribution >= 0.6 is 0 Å². The Hall–Kier alpha value is -1.68. The number of hydrogen-bond donors (Lipinski definition) is 1. The van der Waals surface area contributed by atoms with E-state index in [0.29, 0.717) is 0 Å². The van der Waals surface area contributed by atoms with Crippen molar-refractivity contribution in [1.82, 2.24) is 15.1 Å². The molecule has 3 nitrogen and oxygen atoms in total. The topological polar surface area (TPSA) is 29.9 Å². The van der Waals surface area contributed by atoms with E-state index in [1.54, 1.807) is 4.68 Å². The van der Waals surface area contributed by atoms with E-state index in [1.165, 1.54) is 12.1 Å². The van der Waals surface area contributed by atoms with Gasteiger partial charge in [0, 0.05) is 30.9 Å². The number of nitrogens with one attached hydrogen (secondary N) is 1. The summed E-state index contributed by atoms with van der Waals surface area (Å²) >= 11 is 0. The predicted molar refractivity (Wildman–Crippen MR) is 69.6 cm³/mol. The summed E-state index contributed by atoms with van der Waals surface area (Å²) in [6.07, 6.45) is 3.85. The van der Waals surface area contributed by atoms with Crippen molar-refractivity contribution in [2.24, 2.45) is 7.05 Å². The summed E-state index contributed by atoms with van der Waals surface area (Å²) in [6.45, 7) is 4.16. The third kappa shape index (κ3) is 2.96. The van der Waals surface area contributed by atoms with Gasteiger partial charge < -0.3 is 5.32 Å². The third-order valence-corrected chi connectivity index (χ3v) is 3.09. The van der Waals surface area contributed by atoms with Gasteiger partial charge in [-0.2, -0.15) is 5.10 Å². The lowest BCUT2D eigenvalue weighted by Crippen LogP contribution is -2.22. The van der Waals surface area contributed by atoms with Crippen LogP contribution < -0.4 is 5.32 Å². The van der Waals surface area contributed by atoms with Crippen LogP contribution in [0.2, 0.25) is 0 Å². The number of benzene rings is 1. The largest absolute Gasteiger partial charge is 0.304 e. The maximum Gasteiger partial charge on any atom is 0.123 e. The molecule has 2 rings (SSSR count). The van der Waals surface area contributed by atoms with E-state index >= 15 is 0 Å². The van der Waals surface area contributed by atoms with Gasteiger partial charge in [-0.15, -0.1) is 0 Å². The summed E-state index contributed by atoms with van der Waals surface area (Å²) in [5.41, 5.74) is 2.22. The third-order valence-electron chi connectivity index (χ3n) is 3.09. The molecule has 1 unspecified atom stereocenters. The molecule has 1 aromatic heterocycles. The fraction of sp³-hybridized carbons (Fsp3) is 0.357. The van der Waals surface area contributed by atoms with Crippen LogP contribution in [0, 0.1) is 5.82 Å². The van der Waals surface area contributed by atoms with Crippen LogP contribution in [0.1, 0.15) is 37.1 Å². The minimum Gasteiger partial charge on any atom is -0.304 e. The highest BCUT2D eigenvalue weighted by Gasteiger charge is 2.12. The first kappa shape index (κ1) is 12.8. The second-order valence-corrected chi connectivity index (χ2v) is 4.61. The number of nitrogens with zero attached hydrogens (tertiary/aromatic N) is 2. The lowest BCUT2D eigenvalue weighted by Gasteiger charge is -2.19. The van der Waals surface area contributed by atoms with Crippen molar-refractivity contribution in [2.45, 2.75) is 25.9 Å². The molecule has 1 N–H and O–H groups in total. The van der Waals surface area contributed by atoms with Crippen LogP contribution in [0.4, 0.5) is 4.39 Å². The van der Waals surface area contributed by atoms with Gasteiger partial charge in [-0.3, -0.25) is 4.68 Å². The Morgan fingerprint density at radius 3 is 2.28 bits per heavy atom. The van der Waals surface area contributed by atoms with Crippen LogP contribution in [-0.2, 0) is 7.05 Å². The van der Waals surface area contributed by atoms with Gasteiger partial charge in [-0.1, -0.05) is 12.1 Å². The molecule has 1 heterocycles. The Morgan fingerprint density at radius 1 is 1.11 bits per heavy atom. The van der Waals surface area contributed by atoms with Crippen molar-refractivity contribution >= 4 is 0 Å². The van der Waals surface area contributed by atoms with E-state index in [0.717, 1.165) is 11.1 Å². The van der Waals surface area contributed by atoms with Crippen LogP contribution in [-0.4, -0.2) is 9.78 Å². The summed E-state index contributed by atoms with van der Waals surface area (Å²) in [6, 6.07) is 6.97. The molecule has 2 atom stereocenters. The number of aromatic nitrogens is 2. The van der Waals surface area contributed by atoms with Crippen molar-refractivity contribution in [2.75, 3.05) is 0 Å². The molecule has 0 saturated carbocycles. The number of halogens is 1. The van der Waals surface area contributed by atoms with Crippen LogP contribution in [0.25, 0.3) is 0 Å².